The molecule has 0 aliphatic heterocycles. The number of pyridine rings is 1. The second kappa shape index (κ2) is 2.53. The van der Waals surface area contributed by atoms with Gasteiger partial charge < -0.3 is 0 Å². The number of fused-ring (bicyclic) bond motifs is 2. The maximum Gasteiger partial charge on any atom is 0.289 e. The Morgan fingerprint density at radius 2 is 1.93 bits per heavy atom. The predicted octanol–water partition coefficient (Wildman–Crippen LogP) is -0.512. The van der Waals surface area contributed by atoms with Crippen molar-refractivity contribution in [2.75, 3.05) is 0 Å². The summed E-state index contributed by atoms with van der Waals surface area (Å²) in [5.74, 6) is 0. The smallest absolute Gasteiger partial charge is 0.267 e. The quantitative estimate of drug-likeness (QED) is 0.457. The average molecular weight is 203 g/mol. The Morgan fingerprint density at radius 1 is 1.13 bits per heavy atom. The van der Waals surface area contributed by atoms with Crippen LogP contribution in [0.5, 0.6) is 0 Å². The van der Waals surface area contributed by atoms with Gasteiger partial charge in [-0.2, -0.15) is 5.10 Å². The van der Waals surface area contributed by atoms with E-state index in [1.54, 1.807) is 12.3 Å². The normalized spacial score (nSPS) is 11.2. The summed E-state index contributed by atoms with van der Waals surface area (Å²) in [4.78, 5) is 26.8. The molecule has 3 rings (SSSR count). The summed E-state index contributed by atoms with van der Waals surface area (Å²) in [6.45, 7) is 0. The summed E-state index contributed by atoms with van der Waals surface area (Å²) in [6, 6.07) is 1.58. The zero-order chi connectivity index (χ0) is 10.4. The third-order valence-electron chi connectivity index (χ3n) is 2.18. The highest BCUT2D eigenvalue weighted by molar-refractivity contribution is 5.89. The molecule has 0 radical (unpaired) electrons. The van der Waals surface area contributed by atoms with E-state index in [1.165, 1.54) is 0 Å². The Morgan fingerprint density at radius 3 is 2.80 bits per heavy atom. The van der Waals surface area contributed by atoms with Crippen LogP contribution in [0.3, 0.4) is 0 Å². The van der Waals surface area contributed by atoms with Crippen molar-refractivity contribution < 1.29 is 0 Å². The molecule has 74 valence electrons. The van der Waals surface area contributed by atoms with Gasteiger partial charge in [0.05, 0.1) is 11.6 Å². The van der Waals surface area contributed by atoms with Crippen molar-refractivity contribution in [1.29, 1.82) is 0 Å². The molecule has 7 heteroatoms. The van der Waals surface area contributed by atoms with Gasteiger partial charge in [-0.05, 0) is 6.07 Å². The Kier molecular flexibility index (Phi) is 1.34. The molecule has 0 bridgehead atoms. The van der Waals surface area contributed by atoms with Crippen LogP contribution in [0.4, 0.5) is 0 Å². The minimum absolute atomic E-state index is 0.107. The van der Waals surface area contributed by atoms with Gasteiger partial charge in [0.2, 0.25) is 0 Å². The highest BCUT2D eigenvalue weighted by atomic mass is 16.1. The molecule has 7 nitrogen and oxygen atoms in total. The number of rotatable bonds is 0. The van der Waals surface area contributed by atoms with Crippen molar-refractivity contribution in [2.24, 2.45) is 0 Å². The maximum atomic E-state index is 11.4. The molecule has 15 heavy (non-hydrogen) atoms. The summed E-state index contributed by atoms with van der Waals surface area (Å²) < 4.78 is 0. The molecule has 0 aliphatic carbocycles. The zero-order valence-electron chi connectivity index (χ0n) is 7.37. The lowest BCUT2D eigenvalue weighted by Crippen LogP contribution is -2.19. The van der Waals surface area contributed by atoms with Crippen molar-refractivity contribution in [1.82, 2.24) is 25.4 Å². The van der Waals surface area contributed by atoms with Crippen molar-refractivity contribution in [3.8, 4) is 0 Å². The van der Waals surface area contributed by atoms with Gasteiger partial charge in [0.25, 0.3) is 11.1 Å². The standard InChI is InChI=1S/C8H5N5O2/c14-7-4-1-3-2-9-11-6(3)10-5(4)8(15)13-12-7/h1-2H,(H,12,14)(H,13,15)(H,9,10,11). The van der Waals surface area contributed by atoms with Crippen LogP contribution in [0.25, 0.3) is 21.9 Å². The Balaban J connectivity index is 2.71. The lowest BCUT2D eigenvalue weighted by molar-refractivity contribution is 0.970. The van der Waals surface area contributed by atoms with Gasteiger partial charge in [0.15, 0.2) is 5.65 Å². The molecular weight excluding hydrogens is 198 g/mol. The number of aromatic amines is 3. The summed E-state index contributed by atoms with van der Waals surface area (Å²) in [7, 11) is 0. The molecule has 3 heterocycles. The average Bonchev–Trinajstić information content (AvgIpc) is 2.69. The maximum absolute atomic E-state index is 11.4. The van der Waals surface area contributed by atoms with Crippen LogP contribution in [0.1, 0.15) is 0 Å². The first-order valence-corrected chi connectivity index (χ1v) is 4.20. The fourth-order valence-corrected chi connectivity index (χ4v) is 1.47. The first kappa shape index (κ1) is 7.92. The second-order valence-electron chi connectivity index (χ2n) is 3.10. The van der Waals surface area contributed by atoms with E-state index in [0.717, 1.165) is 0 Å². The van der Waals surface area contributed by atoms with Crippen molar-refractivity contribution >= 4 is 21.9 Å². The van der Waals surface area contributed by atoms with Gasteiger partial charge >= 0.3 is 0 Å². The number of H-pyrrole nitrogens is 3. The molecule has 0 amide bonds. The van der Waals surface area contributed by atoms with Gasteiger partial charge in [0, 0.05) is 5.39 Å². The molecule has 0 unspecified atom stereocenters. The van der Waals surface area contributed by atoms with Gasteiger partial charge in [-0.3, -0.25) is 24.9 Å². The summed E-state index contributed by atoms with van der Waals surface area (Å²) in [6.07, 6.45) is 1.54. The van der Waals surface area contributed by atoms with Crippen LogP contribution < -0.4 is 11.1 Å². The van der Waals surface area contributed by atoms with E-state index in [2.05, 4.69) is 25.4 Å². The van der Waals surface area contributed by atoms with Crippen LogP contribution in [-0.4, -0.2) is 25.4 Å². The lowest BCUT2D eigenvalue weighted by atomic mass is 10.2. The topological polar surface area (TPSA) is 107 Å². The molecule has 0 spiro atoms. The SMILES string of the molecule is O=c1[nH][nH]c(=O)c2nc3[nH]ncc3cc12. The Labute approximate surface area is 81.1 Å². The minimum atomic E-state index is -0.430. The predicted molar refractivity (Wildman–Crippen MR) is 52.6 cm³/mol. The summed E-state index contributed by atoms with van der Waals surface area (Å²) in [5, 5.41) is 11.8. The number of aromatic nitrogens is 5. The number of nitrogens with zero attached hydrogens (tertiary/aromatic N) is 2. The van der Waals surface area contributed by atoms with E-state index in [-0.39, 0.29) is 16.5 Å². The van der Waals surface area contributed by atoms with Gasteiger partial charge in [-0.1, -0.05) is 0 Å². The number of hydrogen-bond donors (Lipinski definition) is 3. The number of hydrogen-bond acceptors (Lipinski definition) is 4. The summed E-state index contributed by atoms with van der Waals surface area (Å²) >= 11 is 0. The molecule has 0 aliphatic rings. The van der Waals surface area contributed by atoms with E-state index in [0.29, 0.717) is 11.0 Å². The first-order valence-electron chi connectivity index (χ1n) is 4.20. The lowest BCUT2D eigenvalue weighted by Gasteiger charge is -1.94. The Hall–Kier alpha value is -2.44. The molecule has 0 aromatic carbocycles. The fraction of sp³-hybridized carbons (Fsp3) is 0. The van der Waals surface area contributed by atoms with Gasteiger partial charge in [-0.15, -0.1) is 0 Å². The van der Waals surface area contributed by atoms with Crippen molar-refractivity contribution in [3.63, 3.8) is 0 Å². The van der Waals surface area contributed by atoms with Crippen molar-refractivity contribution in [3.05, 3.63) is 33.0 Å². The molecule has 0 atom stereocenters. The molecule has 0 saturated carbocycles. The van der Waals surface area contributed by atoms with E-state index in [1.807, 2.05) is 0 Å². The Bertz CT molecular complexity index is 702. The molecular formula is C8H5N5O2. The van der Waals surface area contributed by atoms with Crippen LogP contribution in [0.15, 0.2) is 21.9 Å². The fourth-order valence-electron chi connectivity index (χ4n) is 1.47. The largest absolute Gasteiger partial charge is 0.289 e. The van der Waals surface area contributed by atoms with Crippen LogP contribution in [0.2, 0.25) is 0 Å². The minimum Gasteiger partial charge on any atom is -0.267 e. The first-order chi connectivity index (χ1) is 7.25. The summed E-state index contributed by atoms with van der Waals surface area (Å²) in [5.41, 5.74) is -0.213. The van der Waals surface area contributed by atoms with Crippen molar-refractivity contribution in [2.45, 2.75) is 0 Å². The highest BCUT2D eigenvalue weighted by Crippen LogP contribution is 2.11. The van der Waals surface area contributed by atoms with E-state index in [9.17, 15) is 9.59 Å². The van der Waals surface area contributed by atoms with Crippen LogP contribution in [-0.2, 0) is 0 Å². The molecule has 3 N–H and O–H groups in total. The second-order valence-corrected chi connectivity index (χ2v) is 3.10. The third-order valence-corrected chi connectivity index (χ3v) is 2.18. The third kappa shape index (κ3) is 0.997. The molecule has 3 aromatic rings. The van der Waals surface area contributed by atoms with Crippen LogP contribution in [0, 0.1) is 0 Å². The monoisotopic (exact) mass is 203 g/mol. The molecule has 3 aromatic heterocycles. The van der Waals surface area contributed by atoms with Gasteiger partial charge in [0.1, 0.15) is 5.52 Å². The van der Waals surface area contributed by atoms with E-state index < -0.39 is 5.56 Å². The van der Waals surface area contributed by atoms with E-state index >= 15 is 0 Å². The van der Waals surface area contributed by atoms with Crippen LogP contribution >= 0.6 is 0 Å². The van der Waals surface area contributed by atoms with Gasteiger partial charge in [-0.25, -0.2) is 4.98 Å². The molecule has 0 fully saturated rings. The highest BCUT2D eigenvalue weighted by Gasteiger charge is 2.07. The van der Waals surface area contributed by atoms with E-state index in [4.69, 9.17) is 0 Å². The number of nitrogens with one attached hydrogen (secondary N) is 3. The zero-order valence-corrected chi connectivity index (χ0v) is 7.37. The molecule has 0 saturated heterocycles.